The lowest BCUT2D eigenvalue weighted by molar-refractivity contribution is 0.245. The van der Waals surface area contributed by atoms with Crippen molar-refractivity contribution in [3.05, 3.63) is 71.9 Å². The van der Waals surface area contributed by atoms with Crippen molar-refractivity contribution < 1.29 is 13.5 Å². The lowest BCUT2D eigenvalue weighted by Crippen LogP contribution is -2.22. The molecule has 0 saturated carbocycles. The van der Waals surface area contributed by atoms with E-state index in [2.05, 4.69) is 22.0 Å². The minimum atomic E-state index is -0.264. The third-order valence-electron chi connectivity index (χ3n) is 4.87. The highest BCUT2D eigenvalue weighted by molar-refractivity contribution is 5.52. The maximum absolute atomic E-state index is 13.1. The van der Waals surface area contributed by atoms with Gasteiger partial charge in [0, 0.05) is 18.2 Å². The second kappa shape index (κ2) is 7.30. The fourth-order valence-electron chi connectivity index (χ4n) is 3.53. The molecule has 5 heteroatoms. The van der Waals surface area contributed by atoms with E-state index in [1.54, 1.807) is 25.5 Å². The van der Waals surface area contributed by atoms with Gasteiger partial charge in [0.2, 0.25) is 5.89 Å². The molecular formula is C21H21FN2O2. The Morgan fingerprint density at radius 3 is 2.65 bits per heavy atom. The number of oxazole rings is 1. The van der Waals surface area contributed by atoms with E-state index in [1.165, 1.54) is 24.1 Å². The summed E-state index contributed by atoms with van der Waals surface area (Å²) >= 11 is 0. The number of rotatable bonds is 5. The molecule has 2 aromatic carbocycles. The molecule has 26 heavy (non-hydrogen) atoms. The number of benzene rings is 2. The number of ether oxygens (including phenoxy) is 1. The summed E-state index contributed by atoms with van der Waals surface area (Å²) in [5.41, 5.74) is 2.97. The summed E-state index contributed by atoms with van der Waals surface area (Å²) in [6, 6.07) is 14.9. The largest absolute Gasteiger partial charge is 0.497 e. The van der Waals surface area contributed by atoms with Crippen LogP contribution in [0.5, 0.6) is 5.75 Å². The summed E-state index contributed by atoms with van der Waals surface area (Å²) in [6.45, 7) is 1.77. The van der Waals surface area contributed by atoms with Crippen LogP contribution in [0.3, 0.4) is 0 Å². The number of nitrogens with zero attached hydrogens (tertiary/aromatic N) is 2. The van der Waals surface area contributed by atoms with Crippen LogP contribution in [0.4, 0.5) is 4.39 Å². The van der Waals surface area contributed by atoms with E-state index in [4.69, 9.17) is 9.15 Å². The lowest BCUT2D eigenvalue weighted by Gasteiger charge is -2.23. The van der Waals surface area contributed by atoms with Gasteiger partial charge in [-0.3, -0.25) is 4.90 Å². The van der Waals surface area contributed by atoms with Gasteiger partial charge in [0.15, 0.2) is 0 Å². The number of methoxy groups -OCH3 is 1. The van der Waals surface area contributed by atoms with E-state index in [0.717, 1.165) is 36.5 Å². The average molecular weight is 352 g/mol. The highest BCUT2D eigenvalue weighted by Crippen LogP contribution is 2.34. The number of hydrogen-bond donors (Lipinski definition) is 0. The SMILES string of the molecule is COc1ccc(C2CCCN2Cc2coc(-c3ccc(F)cc3)n2)cc1. The Bertz CT molecular complexity index is 858. The van der Waals surface area contributed by atoms with Crippen LogP contribution < -0.4 is 4.74 Å². The Morgan fingerprint density at radius 2 is 1.92 bits per heavy atom. The smallest absolute Gasteiger partial charge is 0.226 e. The topological polar surface area (TPSA) is 38.5 Å². The molecule has 134 valence electrons. The quantitative estimate of drug-likeness (QED) is 0.659. The van der Waals surface area contributed by atoms with Gasteiger partial charge < -0.3 is 9.15 Å². The molecule has 2 heterocycles. The molecule has 0 radical (unpaired) electrons. The van der Waals surface area contributed by atoms with Gasteiger partial charge in [-0.25, -0.2) is 9.37 Å². The molecule has 4 nitrogen and oxygen atoms in total. The zero-order chi connectivity index (χ0) is 17.9. The third kappa shape index (κ3) is 3.48. The Balaban J connectivity index is 1.48. The molecule has 1 unspecified atom stereocenters. The fraction of sp³-hybridized carbons (Fsp3) is 0.286. The van der Waals surface area contributed by atoms with Crippen LogP contribution in [0.1, 0.15) is 30.1 Å². The van der Waals surface area contributed by atoms with E-state index >= 15 is 0 Å². The van der Waals surface area contributed by atoms with Gasteiger partial charge in [0.25, 0.3) is 0 Å². The predicted octanol–water partition coefficient (Wildman–Crippen LogP) is 4.83. The molecule has 0 N–H and O–H groups in total. The maximum Gasteiger partial charge on any atom is 0.226 e. The monoisotopic (exact) mass is 352 g/mol. The third-order valence-corrected chi connectivity index (χ3v) is 4.87. The van der Waals surface area contributed by atoms with Crippen LogP contribution in [0, 0.1) is 5.82 Å². The van der Waals surface area contributed by atoms with E-state index in [-0.39, 0.29) is 5.82 Å². The molecule has 1 fully saturated rings. The van der Waals surface area contributed by atoms with E-state index in [9.17, 15) is 4.39 Å². The number of aromatic nitrogens is 1. The average Bonchev–Trinajstić information content (AvgIpc) is 3.33. The first-order valence-electron chi connectivity index (χ1n) is 8.81. The molecule has 3 aromatic rings. The van der Waals surface area contributed by atoms with Crippen molar-refractivity contribution in [1.29, 1.82) is 0 Å². The number of likely N-dealkylation sites (tertiary alicyclic amines) is 1. The maximum atomic E-state index is 13.1. The standard InChI is InChI=1S/C21H21FN2O2/c1-25-19-10-6-15(7-11-19)20-3-2-12-24(20)13-18-14-26-21(23-18)16-4-8-17(22)9-5-16/h4-11,14,20H,2-3,12-13H2,1H3. The van der Waals surface area contributed by atoms with Crippen molar-refractivity contribution in [1.82, 2.24) is 9.88 Å². The van der Waals surface area contributed by atoms with Crippen molar-refractivity contribution in [2.24, 2.45) is 0 Å². The summed E-state index contributed by atoms with van der Waals surface area (Å²) in [4.78, 5) is 7.00. The first-order valence-corrected chi connectivity index (χ1v) is 8.81. The van der Waals surface area contributed by atoms with Crippen LogP contribution in [0.2, 0.25) is 0 Å². The second-order valence-corrected chi connectivity index (χ2v) is 6.55. The second-order valence-electron chi connectivity index (χ2n) is 6.55. The lowest BCUT2D eigenvalue weighted by atomic mass is 10.0. The van der Waals surface area contributed by atoms with Crippen LogP contribution in [0.15, 0.2) is 59.2 Å². The van der Waals surface area contributed by atoms with Gasteiger partial charge in [0.1, 0.15) is 17.8 Å². The Hall–Kier alpha value is -2.66. The molecule has 1 saturated heterocycles. The summed E-state index contributed by atoms with van der Waals surface area (Å²) < 4.78 is 23.9. The molecular weight excluding hydrogens is 331 g/mol. The van der Waals surface area contributed by atoms with Crippen LogP contribution in [-0.4, -0.2) is 23.5 Å². The zero-order valence-electron chi connectivity index (χ0n) is 14.7. The van der Waals surface area contributed by atoms with Crippen molar-refractivity contribution in [3.8, 4) is 17.2 Å². The van der Waals surface area contributed by atoms with E-state index in [1.807, 2.05) is 12.1 Å². The van der Waals surface area contributed by atoms with Gasteiger partial charge in [0.05, 0.1) is 12.8 Å². The van der Waals surface area contributed by atoms with Gasteiger partial charge in [-0.2, -0.15) is 0 Å². The molecule has 0 amide bonds. The minimum absolute atomic E-state index is 0.264. The zero-order valence-corrected chi connectivity index (χ0v) is 14.7. The van der Waals surface area contributed by atoms with Gasteiger partial charge in [-0.05, 0) is 61.3 Å². The van der Waals surface area contributed by atoms with Crippen LogP contribution >= 0.6 is 0 Å². The molecule has 1 aromatic heterocycles. The molecule has 4 rings (SSSR count). The summed E-state index contributed by atoms with van der Waals surface area (Å²) in [7, 11) is 1.68. The summed E-state index contributed by atoms with van der Waals surface area (Å²) in [5, 5.41) is 0. The summed E-state index contributed by atoms with van der Waals surface area (Å²) in [6.07, 6.45) is 4.00. The normalized spacial score (nSPS) is 17.5. The van der Waals surface area contributed by atoms with Crippen molar-refractivity contribution >= 4 is 0 Å². The van der Waals surface area contributed by atoms with Gasteiger partial charge in [-0.15, -0.1) is 0 Å². The predicted molar refractivity (Wildman–Crippen MR) is 97.3 cm³/mol. The molecule has 1 aliphatic rings. The molecule has 0 spiro atoms. The minimum Gasteiger partial charge on any atom is -0.497 e. The molecule has 1 aliphatic heterocycles. The highest BCUT2D eigenvalue weighted by Gasteiger charge is 2.26. The van der Waals surface area contributed by atoms with E-state index in [0.29, 0.717) is 11.9 Å². The van der Waals surface area contributed by atoms with Gasteiger partial charge >= 0.3 is 0 Å². The summed E-state index contributed by atoms with van der Waals surface area (Å²) in [5.74, 6) is 1.14. The number of halogens is 1. The Morgan fingerprint density at radius 1 is 1.15 bits per heavy atom. The molecule has 0 bridgehead atoms. The Kier molecular flexibility index (Phi) is 4.71. The molecule has 1 atom stereocenters. The first-order chi connectivity index (χ1) is 12.7. The molecule has 0 aliphatic carbocycles. The fourth-order valence-corrected chi connectivity index (χ4v) is 3.53. The highest BCUT2D eigenvalue weighted by atomic mass is 19.1. The van der Waals surface area contributed by atoms with Crippen molar-refractivity contribution in [3.63, 3.8) is 0 Å². The van der Waals surface area contributed by atoms with Crippen molar-refractivity contribution in [2.75, 3.05) is 13.7 Å². The van der Waals surface area contributed by atoms with Crippen LogP contribution in [-0.2, 0) is 6.54 Å². The van der Waals surface area contributed by atoms with Crippen molar-refractivity contribution in [2.45, 2.75) is 25.4 Å². The van der Waals surface area contributed by atoms with E-state index < -0.39 is 0 Å². The first kappa shape index (κ1) is 16.8. The Labute approximate surface area is 152 Å². The number of hydrogen-bond acceptors (Lipinski definition) is 4. The van der Waals surface area contributed by atoms with Gasteiger partial charge in [-0.1, -0.05) is 12.1 Å². The van der Waals surface area contributed by atoms with Crippen LogP contribution in [0.25, 0.3) is 11.5 Å².